The molecule has 1 aromatic rings. The Hall–Kier alpha value is -2.37. The predicted octanol–water partition coefficient (Wildman–Crippen LogP) is 1.08. The van der Waals surface area contributed by atoms with Crippen LogP contribution in [0.2, 0.25) is 0 Å². The van der Waals surface area contributed by atoms with Crippen molar-refractivity contribution in [2.45, 2.75) is 13.8 Å². The highest BCUT2D eigenvalue weighted by Gasteiger charge is 2.65. The van der Waals surface area contributed by atoms with Crippen LogP contribution < -0.4 is 11.1 Å². The summed E-state index contributed by atoms with van der Waals surface area (Å²) >= 11 is 0. The Morgan fingerprint density at radius 3 is 2.10 bits per heavy atom. The topological polar surface area (TPSA) is 109 Å². The SMILES string of the molecule is CC1(C)[C@H](C(=O)Nc2ccc(C(N)=O)cc2)[C@@H]1C(=O)O. The van der Waals surface area contributed by atoms with E-state index in [9.17, 15) is 14.4 Å². The zero-order valence-corrected chi connectivity index (χ0v) is 11.2. The fraction of sp³-hybridized carbons (Fsp3) is 0.357. The van der Waals surface area contributed by atoms with Gasteiger partial charge < -0.3 is 16.2 Å². The van der Waals surface area contributed by atoms with Crippen molar-refractivity contribution in [3.63, 3.8) is 0 Å². The van der Waals surface area contributed by atoms with Gasteiger partial charge in [0.05, 0.1) is 11.8 Å². The molecule has 2 rings (SSSR count). The van der Waals surface area contributed by atoms with Crippen LogP contribution in [-0.4, -0.2) is 22.9 Å². The maximum atomic E-state index is 12.1. The standard InChI is InChI=1S/C14H16N2O4/c1-14(2)9(10(14)13(19)20)12(18)16-8-5-3-7(4-6-8)11(15)17/h3-6,9-10H,1-2H3,(H2,15,17)(H,16,18)(H,19,20)/t9-,10+/m0/s1. The van der Waals surface area contributed by atoms with Crippen molar-refractivity contribution in [2.75, 3.05) is 5.32 Å². The number of rotatable bonds is 4. The Kier molecular flexibility index (Phi) is 3.25. The lowest BCUT2D eigenvalue weighted by molar-refractivity contribution is -0.140. The molecule has 1 saturated carbocycles. The summed E-state index contributed by atoms with van der Waals surface area (Å²) < 4.78 is 0. The summed E-state index contributed by atoms with van der Waals surface area (Å²) in [5, 5.41) is 11.7. The van der Waals surface area contributed by atoms with Crippen molar-refractivity contribution in [1.29, 1.82) is 0 Å². The maximum absolute atomic E-state index is 12.1. The van der Waals surface area contributed by atoms with Crippen molar-refractivity contribution < 1.29 is 19.5 Å². The number of anilines is 1. The molecule has 0 unspecified atom stereocenters. The third-order valence-electron chi connectivity index (χ3n) is 3.81. The fourth-order valence-corrected chi connectivity index (χ4v) is 2.53. The highest BCUT2D eigenvalue weighted by molar-refractivity contribution is 6.00. The molecule has 0 aromatic heterocycles. The van der Waals surface area contributed by atoms with Crippen LogP contribution in [-0.2, 0) is 9.59 Å². The second-order valence-electron chi connectivity index (χ2n) is 5.55. The Balaban J connectivity index is 2.06. The summed E-state index contributed by atoms with van der Waals surface area (Å²) in [4.78, 5) is 34.0. The van der Waals surface area contributed by atoms with Crippen LogP contribution >= 0.6 is 0 Å². The van der Waals surface area contributed by atoms with Gasteiger partial charge >= 0.3 is 5.97 Å². The highest BCUT2D eigenvalue weighted by Crippen LogP contribution is 2.58. The second kappa shape index (κ2) is 4.63. The van der Waals surface area contributed by atoms with Crippen LogP contribution in [0.1, 0.15) is 24.2 Å². The molecule has 0 radical (unpaired) electrons. The van der Waals surface area contributed by atoms with E-state index in [4.69, 9.17) is 10.8 Å². The molecule has 6 nitrogen and oxygen atoms in total. The summed E-state index contributed by atoms with van der Waals surface area (Å²) in [7, 11) is 0. The Morgan fingerprint density at radius 1 is 1.15 bits per heavy atom. The smallest absolute Gasteiger partial charge is 0.307 e. The molecule has 0 spiro atoms. The fourth-order valence-electron chi connectivity index (χ4n) is 2.53. The van der Waals surface area contributed by atoms with E-state index in [1.807, 2.05) is 0 Å². The number of amides is 2. The first-order valence-electron chi connectivity index (χ1n) is 6.18. The van der Waals surface area contributed by atoms with Crippen LogP contribution in [0.5, 0.6) is 0 Å². The minimum Gasteiger partial charge on any atom is -0.481 e. The van der Waals surface area contributed by atoms with Gasteiger partial charge in [0.25, 0.3) is 0 Å². The van der Waals surface area contributed by atoms with Crippen molar-refractivity contribution in [3.05, 3.63) is 29.8 Å². The van der Waals surface area contributed by atoms with E-state index in [1.165, 1.54) is 12.1 Å². The van der Waals surface area contributed by atoms with Gasteiger partial charge in [-0.15, -0.1) is 0 Å². The average Bonchev–Trinajstić information content (AvgIpc) is 2.93. The lowest BCUT2D eigenvalue weighted by Crippen LogP contribution is -2.18. The number of carboxylic acid groups (broad SMARTS) is 1. The van der Waals surface area contributed by atoms with E-state index in [2.05, 4.69) is 5.32 Å². The zero-order chi connectivity index (χ0) is 15.1. The Morgan fingerprint density at radius 2 is 1.70 bits per heavy atom. The largest absolute Gasteiger partial charge is 0.481 e. The number of hydrogen-bond acceptors (Lipinski definition) is 3. The number of carbonyl (C=O) groups is 3. The summed E-state index contributed by atoms with van der Waals surface area (Å²) in [6.45, 7) is 3.51. The quantitative estimate of drug-likeness (QED) is 0.764. The first-order chi connectivity index (χ1) is 9.25. The van der Waals surface area contributed by atoms with Gasteiger partial charge in [0.2, 0.25) is 11.8 Å². The lowest BCUT2D eigenvalue weighted by atomic mass is 10.1. The maximum Gasteiger partial charge on any atom is 0.307 e. The Bertz CT molecular complexity index is 577. The Labute approximate surface area is 116 Å². The van der Waals surface area contributed by atoms with Gasteiger partial charge in [0.15, 0.2) is 0 Å². The van der Waals surface area contributed by atoms with Gasteiger partial charge in [0.1, 0.15) is 0 Å². The van der Waals surface area contributed by atoms with E-state index in [1.54, 1.807) is 26.0 Å². The molecule has 2 amide bonds. The molecule has 2 atom stereocenters. The zero-order valence-electron chi connectivity index (χ0n) is 11.2. The van der Waals surface area contributed by atoms with Crippen molar-refractivity contribution in [2.24, 2.45) is 23.0 Å². The minimum absolute atomic E-state index is 0.325. The van der Waals surface area contributed by atoms with E-state index >= 15 is 0 Å². The summed E-state index contributed by atoms with van der Waals surface area (Å²) in [5.74, 6) is -3.03. The number of carbonyl (C=O) groups excluding carboxylic acids is 2. The molecule has 1 aliphatic carbocycles. The molecule has 0 saturated heterocycles. The number of nitrogens with two attached hydrogens (primary N) is 1. The van der Waals surface area contributed by atoms with Crippen molar-refractivity contribution >= 4 is 23.5 Å². The van der Waals surface area contributed by atoms with E-state index in [0.717, 1.165) is 0 Å². The molecule has 0 heterocycles. The monoisotopic (exact) mass is 276 g/mol. The highest BCUT2D eigenvalue weighted by atomic mass is 16.4. The minimum atomic E-state index is -0.959. The average molecular weight is 276 g/mol. The normalized spacial score (nSPS) is 22.9. The summed E-state index contributed by atoms with van der Waals surface area (Å²) in [5.41, 5.74) is 5.43. The molecule has 0 bridgehead atoms. The number of aliphatic carboxylic acids is 1. The van der Waals surface area contributed by atoms with Crippen molar-refractivity contribution in [1.82, 2.24) is 0 Å². The summed E-state index contributed by atoms with van der Waals surface area (Å²) in [6.07, 6.45) is 0. The molecular formula is C14H16N2O4. The van der Waals surface area contributed by atoms with E-state index < -0.39 is 29.1 Å². The van der Waals surface area contributed by atoms with Gasteiger partial charge in [-0.2, -0.15) is 0 Å². The first kappa shape index (κ1) is 14.0. The number of primary amides is 1. The van der Waals surface area contributed by atoms with Crippen LogP contribution in [0.3, 0.4) is 0 Å². The lowest BCUT2D eigenvalue weighted by Gasteiger charge is -2.06. The molecule has 1 aromatic carbocycles. The van der Waals surface area contributed by atoms with E-state index in [-0.39, 0.29) is 5.91 Å². The molecule has 0 aliphatic heterocycles. The number of benzene rings is 1. The molecule has 1 fully saturated rings. The van der Waals surface area contributed by atoms with Gasteiger partial charge in [-0.1, -0.05) is 13.8 Å². The number of carboxylic acids is 1. The molecule has 20 heavy (non-hydrogen) atoms. The predicted molar refractivity (Wildman–Crippen MR) is 72.0 cm³/mol. The molecule has 106 valence electrons. The van der Waals surface area contributed by atoms with Gasteiger partial charge in [0, 0.05) is 11.3 Å². The van der Waals surface area contributed by atoms with Crippen molar-refractivity contribution in [3.8, 4) is 0 Å². The van der Waals surface area contributed by atoms with Crippen LogP contribution in [0.4, 0.5) is 5.69 Å². The number of nitrogens with one attached hydrogen (secondary N) is 1. The van der Waals surface area contributed by atoms with Crippen LogP contribution in [0, 0.1) is 17.3 Å². The second-order valence-corrected chi connectivity index (χ2v) is 5.55. The molecule has 6 heteroatoms. The third-order valence-corrected chi connectivity index (χ3v) is 3.81. The van der Waals surface area contributed by atoms with Gasteiger partial charge in [-0.25, -0.2) is 0 Å². The molecule has 4 N–H and O–H groups in total. The molecule has 1 aliphatic rings. The van der Waals surface area contributed by atoms with Crippen LogP contribution in [0.25, 0.3) is 0 Å². The summed E-state index contributed by atoms with van der Waals surface area (Å²) in [6, 6.07) is 6.13. The number of hydrogen-bond donors (Lipinski definition) is 3. The van der Waals surface area contributed by atoms with Crippen LogP contribution in [0.15, 0.2) is 24.3 Å². The molecular weight excluding hydrogens is 260 g/mol. The van der Waals surface area contributed by atoms with Gasteiger partial charge in [-0.05, 0) is 29.7 Å². The van der Waals surface area contributed by atoms with Gasteiger partial charge in [-0.3, -0.25) is 14.4 Å². The van der Waals surface area contributed by atoms with E-state index in [0.29, 0.717) is 11.3 Å². The first-order valence-corrected chi connectivity index (χ1v) is 6.18. The third kappa shape index (κ3) is 2.36.